The maximum absolute atomic E-state index is 2.39. The molecular weight excluding hydrogens is 144 g/mol. The second kappa shape index (κ2) is 3.24. The van der Waals surface area contributed by atoms with E-state index in [0.29, 0.717) is 5.41 Å². The summed E-state index contributed by atoms with van der Waals surface area (Å²) in [4.78, 5) is 0. The molecule has 0 aliphatic heterocycles. The van der Waals surface area contributed by atoms with Gasteiger partial charge in [-0.15, -0.1) is 0 Å². The summed E-state index contributed by atoms with van der Waals surface area (Å²) in [6, 6.07) is 0. The molecule has 1 rings (SSSR count). The van der Waals surface area contributed by atoms with Gasteiger partial charge in [0.1, 0.15) is 0 Å². The van der Waals surface area contributed by atoms with Gasteiger partial charge in [0.2, 0.25) is 0 Å². The Kier molecular flexibility index (Phi) is 2.65. The number of allylic oxidation sites excluding steroid dienone is 2. The van der Waals surface area contributed by atoms with E-state index in [9.17, 15) is 0 Å². The van der Waals surface area contributed by atoms with Crippen LogP contribution in [0.4, 0.5) is 0 Å². The molecule has 0 N–H and O–H groups in total. The Labute approximate surface area is 77.1 Å². The molecule has 1 unspecified atom stereocenters. The fraction of sp³-hybridized carbons (Fsp3) is 0.833. The minimum Gasteiger partial charge on any atom is -0.0642 e. The number of hydrogen-bond acceptors (Lipinski definition) is 0. The largest absolute Gasteiger partial charge is 0.0642 e. The van der Waals surface area contributed by atoms with Crippen LogP contribution >= 0.6 is 0 Å². The molecule has 0 aromatic rings. The molecule has 0 heteroatoms. The fourth-order valence-electron chi connectivity index (χ4n) is 2.04. The van der Waals surface area contributed by atoms with E-state index < -0.39 is 0 Å². The van der Waals surface area contributed by atoms with Gasteiger partial charge in [0.25, 0.3) is 0 Å². The van der Waals surface area contributed by atoms with Crippen LogP contribution in [-0.4, -0.2) is 0 Å². The van der Waals surface area contributed by atoms with Crippen molar-refractivity contribution in [3.8, 4) is 0 Å². The van der Waals surface area contributed by atoms with E-state index in [1.54, 1.807) is 11.1 Å². The van der Waals surface area contributed by atoms with Crippen molar-refractivity contribution in [3.63, 3.8) is 0 Å². The summed E-state index contributed by atoms with van der Waals surface area (Å²) in [5, 5.41) is 0. The molecule has 0 saturated heterocycles. The summed E-state index contributed by atoms with van der Waals surface area (Å²) in [6.45, 7) is 11.6. The molecule has 70 valence electrons. The van der Waals surface area contributed by atoms with Crippen molar-refractivity contribution < 1.29 is 0 Å². The third-order valence-corrected chi connectivity index (χ3v) is 3.56. The zero-order chi connectivity index (χ0) is 9.35. The zero-order valence-electron chi connectivity index (χ0n) is 9.20. The molecule has 0 radical (unpaired) electrons. The van der Waals surface area contributed by atoms with Crippen molar-refractivity contribution in [2.24, 2.45) is 11.3 Å². The molecule has 0 spiro atoms. The van der Waals surface area contributed by atoms with Crippen molar-refractivity contribution in [2.45, 2.75) is 53.9 Å². The Morgan fingerprint density at radius 2 is 1.92 bits per heavy atom. The van der Waals surface area contributed by atoms with Crippen LogP contribution < -0.4 is 0 Å². The third-order valence-electron chi connectivity index (χ3n) is 3.56. The van der Waals surface area contributed by atoms with E-state index in [1.165, 1.54) is 19.3 Å². The first-order valence-electron chi connectivity index (χ1n) is 5.23. The van der Waals surface area contributed by atoms with Crippen LogP contribution in [0, 0.1) is 11.3 Å². The highest BCUT2D eigenvalue weighted by Gasteiger charge is 2.43. The Morgan fingerprint density at radius 3 is 2.25 bits per heavy atom. The SMILES string of the molecule is CCC1(C)C(C)=C1CCC(C)C. The van der Waals surface area contributed by atoms with Gasteiger partial charge in [-0.1, -0.05) is 38.8 Å². The van der Waals surface area contributed by atoms with Crippen LogP contribution in [-0.2, 0) is 0 Å². The molecular formula is C12H22. The van der Waals surface area contributed by atoms with E-state index in [2.05, 4.69) is 34.6 Å². The van der Waals surface area contributed by atoms with Gasteiger partial charge in [-0.2, -0.15) is 0 Å². The van der Waals surface area contributed by atoms with Gasteiger partial charge in [-0.3, -0.25) is 0 Å². The number of rotatable bonds is 4. The maximum Gasteiger partial charge on any atom is 0.00927 e. The second-order valence-electron chi connectivity index (χ2n) is 4.72. The van der Waals surface area contributed by atoms with Gasteiger partial charge in [0, 0.05) is 5.41 Å². The van der Waals surface area contributed by atoms with Gasteiger partial charge < -0.3 is 0 Å². The molecule has 0 saturated carbocycles. The van der Waals surface area contributed by atoms with Gasteiger partial charge in [-0.25, -0.2) is 0 Å². The van der Waals surface area contributed by atoms with Crippen LogP contribution in [0.2, 0.25) is 0 Å². The molecule has 1 atom stereocenters. The van der Waals surface area contributed by atoms with Gasteiger partial charge >= 0.3 is 0 Å². The normalized spacial score (nSPS) is 28.5. The minimum absolute atomic E-state index is 0.537. The first-order chi connectivity index (χ1) is 5.52. The molecule has 0 nitrogen and oxygen atoms in total. The Bertz CT molecular complexity index is 198. The molecule has 0 bridgehead atoms. The first kappa shape index (κ1) is 9.83. The molecule has 0 aromatic heterocycles. The third kappa shape index (κ3) is 1.57. The quantitative estimate of drug-likeness (QED) is 0.550. The lowest BCUT2D eigenvalue weighted by atomic mass is 9.94. The zero-order valence-corrected chi connectivity index (χ0v) is 9.20. The average molecular weight is 166 g/mol. The monoisotopic (exact) mass is 166 g/mol. The molecule has 0 heterocycles. The van der Waals surface area contributed by atoms with Crippen molar-refractivity contribution >= 4 is 0 Å². The topological polar surface area (TPSA) is 0 Å². The van der Waals surface area contributed by atoms with Crippen LogP contribution in [0.15, 0.2) is 11.1 Å². The highest BCUT2D eigenvalue weighted by molar-refractivity contribution is 5.46. The van der Waals surface area contributed by atoms with Gasteiger partial charge in [0.15, 0.2) is 0 Å². The van der Waals surface area contributed by atoms with Gasteiger partial charge in [-0.05, 0) is 32.1 Å². The standard InChI is InChI=1S/C12H22/c1-6-12(5)10(4)11(12)8-7-9(2)3/h9H,6-8H2,1-5H3. The molecule has 0 amide bonds. The highest BCUT2D eigenvalue weighted by atomic mass is 14.5. The molecule has 1 aliphatic carbocycles. The summed E-state index contributed by atoms with van der Waals surface area (Å²) in [5.74, 6) is 0.854. The van der Waals surface area contributed by atoms with Gasteiger partial charge in [0.05, 0.1) is 0 Å². The molecule has 0 fully saturated rings. The summed E-state index contributed by atoms with van der Waals surface area (Å²) in [7, 11) is 0. The predicted molar refractivity (Wildman–Crippen MR) is 55.2 cm³/mol. The first-order valence-corrected chi connectivity index (χ1v) is 5.23. The maximum atomic E-state index is 2.39. The lowest BCUT2D eigenvalue weighted by Crippen LogP contribution is -1.98. The Morgan fingerprint density at radius 1 is 1.33 bits per heavy atom. The Balaban J connectivity index is 2.37. The number of hydrogen-bond donors (Lipinski definition) is 0. The van der Waals surface area contributed by atoms with E-state index in [-0.39, 0.29) is 0 Å². The van der Waals surface area contributed by atoms with Crippen molar-refractivity contribution in [1.82, 2.24) is 0 Å². The van der Waals surface area contributed by atoms with Crippen molar-refractivity contribution in [1.29, 1.82) is 0 Å². The van der Waals surface area contributed by atoms with Crippen LogP contribution in [0.3, 0.4) is 0 Å². The Hall–Kier alpha value is -0.260. The molecule has 0 aromatic carbocycles. The highest BCUT2D eigenvalue weighted by Crippen LogP contribution is 2.56. The predicted octanol–water partition coefficient (Wildman–Crippen LogP) is 4.17. The summed E-state index contributed by atoms with van der Waals surface area (Å²) in [6.07, 6.45) is 4.00. The minimum atomic E-state index is 0.537. The van der Waals surface area contributed by atoms with Crippen molar-refractivity contribution in [3.05, 3.63) is 11.1 Å². The summed E-state index contributed by atoms with van der Waals surface area (Å²) >= 11 is 0. The molecule has 12 heavy (non-hydrogen) atoms. The summed E-state index contributed by atoms with van der Waals surface area (Å²) < 4.78 is 0. The average Bonchev–Trinajstić information content (AvgIpc) is 2.53. The lowest BCUT2D eigenvalue weighted by Gasteiger charge is -2.10. The lowest BCUT2D eigenvalue weighted by molar-refractivity contribution is 0.524. The van der Waals surface area contributed by atoms with E-state index in [4.69, 9.17) is 0 Å². The smallest absolute Gasteiger partial charge is 0.00927 e. The van der Waals surface area contributed by atoms with Crippen LogP contribution in [0.5, 0.6) is 0 Å². The van der Waals surface area contributed by atoms with Crippen LogP contribution in [0.1, 0.15) is 53.9 Å². The van der Waals surface area contributed by atoms with Crippen molar-refractivity contribution in [2.75, 3.05) is 0 Å². The second-order valence-corrected chi connectivity index (χ2v) is 4.72. The molecule has 1 aliphatic rings. The van der Waals surface area contributed by atoms with Crippen LogP contribution in [0.25, 0.3) is 0 Å². The van der Waals surface area contributed by atoms with E-state index in [1.807, 2.05) is 0 Å². The van der Waals surface area contributed by atoms with E-state index >= 15 is 0 Å². The fourth-order valence-corrected chi connectivity index (χ4v) is 2.04. The van der Waals surface area contributed by atoms with E-state index in [0.717, 1.165) is 5.92 Å². The summed E-state index contributed by atoms with van der Waals surface area (Å²) in [5.41, 5.74) is 3.96.